The van der Waals surface area contributed by atoms with E-state index in [2.05, 4.69) is 48.1 Å². The van der Waals surface area contributed by atoms with Gasteiger partial charge in [-0.25, -0.2) is 0 Å². The molecular weight excluding hydrogens is 626 g/mol. The predicted molar refractivity (Wildman–Crippen MR) is 189 cm³/mol. The molecule has 0 heterocycles. The van der Waals surface area contributed by atoms with Gasteiger partial charge < -0.3 is 14.1 Å². The van der Waals surface area contributed by atoms with E-state index < -0.39 is 14.2 Å². The van der Waals surface area contributed by atoms with Crippen molar-refractivity contribution < 1.29 is 4.12 Å². The lowest BCUT2D eigenvalue weighted by Crippen LogP contribution is -2.48. The van der Waals surface area contributed by atoms with Crippen molar-refractivity contribution in [2.75, 3.05) is 9.96 Å². The lowest BCUT2D eigenvalue weighted by molar-refractivity contribution is 0.575. The Labute approximate surface area is 271 Å². The first kappa shape index (κ1) is 36.8. The molecule has 232 valence electrons. The summed E-state index contributed by atoms with van der Waals surface area (Å²) >= 11 is 26.3. The monoisotopic (exact) mass is 676 g/mol. The highest BCUT2D eigenvalue weighted by Gasteiger charge is 2.45. The molecule has 0 atom stereocenters. The van der Waals surface area contributed by atoms with Gasteiger partial charge in [0.05, 0.1) is 0 Å². The maximum Gasteiger partial charge on any atom is 0.499 e. The lowest BCUT2D eigenvalue weighted by Gasteiger charge is -2.27. The second kappa shape index (κ2) is 21.3. The Morgan fingerprint density at radius 3 is 1.07 bits per heavy atom. The predicted octanol–water partition coefficient (Wildman–Crippen LogP) is 12.4. The number of unbranched alkanes of at least 4 members (excludes halogenated alkanes) is 14. The van der Waals surface area contributed by atoms with E-state index in [1.54, 1.807) is 0 Å². The van der Waals surface area contributed by atoms with E-state index in [-0.39, 0.29) is 0 Å². The summed E-state index contributed by atoms with van der Waals surface area (Å²) in [6.07, 6.45) is 23.3. The first-order chi connectivity index (χ1) is 19.7. The van der Waals surface area contributed by atoms with Crippen molar-refractivity contribution in [3.05, 3.63) is 59.7 Å². The van der Waals surface area contributed by atoms with Gasteiger partial charge in [-0.1, -0.05) is 172 Å². The summed E-state index contributed by atoms with van der Waals surface area (Å²) in [5, 5.41) is 0. The number of nitrogens with one attached hydrogen (secondary N) is 2. The molecule has 2 N–H and O–H groups in total. The van der Waals surface area contributed by atoms with Crippen molar-refractivity contribution >= 4 is 69.9 Å². The number of hydrogen-bond acceptors (Lipinski definition) is 3. The number of anilines is 2. The third-order valence-corrected chi connectivity index (χ3v) is 14.5. The van der Waals surface area contributed by atoms with E-state index in [1.807, 2.05) is 24.3 Å². The van der Waals surface area contributed by atoms with Gasteiger partial charge in [-0.05, 0) is 61.1 Å². The van der Waals surface area contributed by atoms with Gasteiger partial charge in [-0.2, -0.15) is 0 Å². The molecule has 0 aromatic heterocycles. The topological polar surface area (TPSA) is 33.3 Å². The van der Waals surface area contributed by atoms with Crippen LogP contribution in [0.3, 0.4) is 0 Å². The zero-order valence-electron chi connectivity index (χ0n) is 25.3. The fraction of sp³-hybridized carbons (Fsp3) is 0.625. The Morgan fingerprint density at radius 1 is 0.463 bits per heavy atom. The van der Waals surface area contributed by atoms with Crippen LogP contribution < -0.4 is 9.96 Å². The maximum absolute atomic E-state index is 6.57. The van der Waals surface area contributed by atoms with Crippen LogP contribution in [-0.4, -0.2) is 14.2 Å². The normalized spacial score (nSPS) is 12.0. The van der Waals surface area contributed by atoms with Crippen LogP contribution in [-0.2, 0) is 17.0 Å². The lowest BCUT2D eigenvalue weighted by atomic mass is 10.0. The molecular formula is C32H52Cl4N2OSi2. The van der Waals surface area contributed by atoms with E-state index in [0.717, 1.165) is 24.2 Å². The Balaban J connectivity index is 1.69. The molecule has 0 saturated heterocycles. The zero-order valence-corrected chi connectivity index (χ0v) is 30.3. The van der Waals surface area contributed by atoms with Crippen LogP contribution in [0.4, 0.5) is 11.4 Å². The Bertz CT molecular complexity index is 855. The minimum atomic E-state index is -3.42. The van der Waals surface area contributed by atoms with Crippen LogP contribution in [0.2, 0.25) is 0 Å². The molecule has 2 aromatic rings. The molecule has 3 nitrogen and oxygen atoms in total. The van der Waals surface area contributed by atoms with Gasteiger partial charge in [0, 0.05) is 11.4 Å². The van der Waals surface area contributed by atoms with Crippen LogP contribution in [0.15, 0.2) is 48.5 Å². The van der Waals surface area contributed by atoms with Crippen LogP contribution in [0.25, 0.3) is 0 Å². The average Bonchev–Trinajstić information content (AvgIpc) is 2.92. The summed E-state index contributed by atoms with van der Waals surface area (Å²) in [4.78, 5) is 6.24. The second-order valence-electron chi connectivity index (χ2n) is 11.2. The Hall–Kier alpha value is -0.406. The highest BCUT2D eigenvalue weighted by atomic mass is 35.7. The first-order valence-corrected chi connectivity index (χ1v) is 23.8. The largest absolute Gasteiger partial charge is 0.499 e. The molecule has 0 bridgehead atoms. The fourth-order valence-electron chi connectivity index (χ4n) is 4.98. The molecule has 9 heteroatoms. The highest BCUT2D eigenvalue weighted by Crippen LogP contribution is 2.30. The van der Waals surface area contributed by atoms with Crippen molar-refractivity contribution in [1.82, 2.24) is 0 Å². The smallest absolute Gasteiger partial charge is 0.378 e. The van der Waals surface area contributed by atoms with Crippen molar-refractivity contribution in [2.45, 2.75) is 129 Å². The van der Waals surface area contributed by atoms with Crippen LogP contribution in [0.5, 0.6) is 0 Å². The number of rotatable bonds is 24. The maximum atomic E-state index is 6.57. The summed E-state index contributed by atoms with van der Waals surface area (Å²) in [6, 6.07) is 16.4. The van der Waals surface area contributed by atoms with Crippen LogP contribution >= 0.6 is 44.3 Å². The zero-order chi connectivity index (χ0) is 29.8. The molecule has 2 rings (SSSR count). The van der Waals surface area contributed by atoms with Gasteiger partial charge in [0.2, 0.25) is 0 Å². The Morgan fingerprint density at radius 2 is 0.756 bits per heavy atom. The quantitative estimate of drug-likeness (QED) is 0.0659. The van der Waals surface area contributed by atoms with Crippen LogP contribution in [0.1, 0.15) is 128 Å². The molecule has 0 aliphatic rings. The molecule has 0 aliphatic carbocycles. The van der Waals surface area contributed by atoms with E-state index >= 15 is 0 Å². The van der Waals surface area contributed by atoms with Gasteiger partial charge in [-0.3, -0.25) is 0 Å². The van der Waals surface area contributed by atoms with Crippen LogP contribution in [0, 0.1) is 0 Å². The van der Waals surface area contributed by atoms with Gasteiger partial charge in [-0.15, -0.1) is 0 Å². The van der Waals surface area contributed by atoms with Gasteiger partial charge in [0.15, 0.2) is 0 Å². The van der Waals surface area contributed by atoms with Crippen molar-refractivity contribution in [3.8, 4) is 0 Å². The summed E-state index contributed by atoms with van der Waals surface area (Å²) in [5.41, 5.74) is 4.21. The van der Waals surface area contributed by atoms with Gasteiger partial charge in [0.1, 0.15) is 0 Å². The van der Waals surface area contributed by atoms with Crippen molar-refractivity contribution in [3.63, 3.8) is 0 Å². The second-order valence-corrected chi connectivity index (χ2v) is 22.2. The average molecular weight is 679 g/mol. The van der Waals surface area contributed by atoms with Crippen molar-refractivity contribution in [1.29, 1.82) is 0 Å². The summed E-state index contributed by atoms with van der Waals surface area (Å²) in [6.45, 7) is 4.52. The number of hydrogen-bond donors (Lipinski definition) is 2. The molecule has 0 unspecified atom stereocenters. The van der Waals surface area contributed by atoms with E-state index in [4.69, 9.17) is 48.4 Å². The number of aryl methyl sites for hydroxylation is 2. The fourth-order valence-corrected chi connectivity index (χ4v) is 14.6. The molecule has 0 amide bonds. The first-order valence-electron chi connectivity index (χ1n) is 15.9. The van der Waals surface area contributed by atoms with E-state index in [1.165, 1.54) is 114 Å². The van der Waals surface area contributed by atoms with Gasteiger partial charge >= 0.3 is 14.2 Å². The number of halogens is 4. The molecule has 41 heavy (non-hydrogen) atoms. The summed E-state index contributed by atoms with van der Waals surface area (Å²) in [7, 11) is -6.84. The van der Waals surface area contributed by atoms with Crippen molar-refractivity contribution in [2.24, 2.45) is 0 Å². The molecule has 0 aliphatic heterocycles. The molecule has 0 saturated carbocycles. The molecule has 0 radical (unpaired) electrons. The third kappa shape index (κ3) is 18.1. The molecule has 2 aromatic carbocycles. The Kier molecular flexibility index (Phi) is 19.1. The van der Waals surface area contributed by atoms with E-state index in [9.17, 15) is 0 Å². The standard InChI is InChI=1S/C32H52Cl4N2OSi2/c1-3-5-7-9-11-13-15-17-19-29-21-25-31(26-22-29)37-40(33,34)39-41(35,36)38-32-27-23-30(24-28-32)20-18-16-14-12-10-8-6-4-2/h21-28,37-38H,3-20H2,1-2H3. The number of benzene rings is 2. The summed E-state index contributed by atoms with van der Waals surface area (Å²) < 4.78 is 5.86. The van der Waals surface area contributed by atoms with E-state index in [0.29, 0.717) is 0 Å². The molecule has 0 spiro atoms. The van der Waals surface area contributed by atoms with Gasteiger partial charge in [0.25, 0.3) is 0 Å². The highest BCUT2D eigenvalue weighted by molar-refractivity contribution is 7.52. The summed E-state index contributed by atoms with van der Waals surface area (Å²) in [5.74, 6) is 0. The SMILES string of the molecule is CCCCCCCCCCc1ccc(N[Si](Cl)(Cl)O[Si](Cl)(Cl)Nc2ccc(CCCCCCCCCC)cc2)cc1. The minimum absolute atomic E-state index is 0.796. The third-order valence-electron chi connectivity index (χ3n) is 7.38. The minimum Gasteiger partial charge on any atom is -0.378 e. The molecule has 0 fully saturated rings.